The van der Waals surface area contributed by atoms with Crippen LogP contribution in [0.3, 0.4) is 0 Å². The Morgan fingerprint density at radius 3 is 2.63 bits per heavy atom. The third kappa shape index (κ3) is 2.99. The van der Waals surface area contributed by atoms with Gasteiger partial charge in [0.15, 0.2) is 0 Å². The third-order valence-corrected chi connectivity index (χ3v) is 4.33. The lowest BCUT2D eigenvalue weighted by Crippen LogP contribution is -2.36. The Kier molecular flexibility index (Phi) is 4.61. The number of aliphatic hydroxyl groups is 1. The summed E-state index contributed by atoms with van der Waals surface area (Å²) in [5.74, 6) is 0. The zero-order chi connectivity index (χ0) is 13.7. The van der Waals surface area contributed by atoms with Crippen LogP contribution in [0.5, 0.6) is 0 Å². The minimum absolute atomic E-state index is 0.0200. The lowest BCUT2D eigenvalue weighted by Gasteiger charge is -2.29. The summed E-state index contributed by atoms with van der Waals surface area (Å²) >= 11 is 0. The monoisotopic (exact) mass is 260 g/mol. The highest BCUT2D eigenvalue weighted by Gasteiger charge is 2.24. The minimum Gasteiger partial charge on any atom is -0.396 e. The second-order valence-electron chi connectivity index (χ2n) is 5.33. The first-order valence-corrected chi connectivity index (χ1v) is 7.11. The summed E-state index contributed by atoms with van der Waals surface area (Å²) in [6, 6.07) is 8.34. The summed E-state index contributed by atoms with van der Waals surface area (Å²) in [4.78, 5) is 3.29. The topological polar surface area (TPSA) is 48.0 Å². The Morgan fingerprint density at radius 1 is 1.21 bits per heavy atom. The first-order valence-electron chi connectivity index (χ1n) is 7.11. The summed E-state index contributed by atoms with van der Waals surface area (Å²) in [6.45, 7) is 6.24. The van der Waals surface area contributed by atoms with Crippen LogP contribution in [0.15, 0.2) is 30.5 Å². The van der Waals surface area contributed by atoms with Gasteiger partial charge in [0, 0.05) is 42.2 Å². The Balaban J connectivity index is 1.99. The Bertz CT molecular complexity index is 506. The number of aromatic nitrogens is 1. The van der Waals surface area contributed by atoms with E-state index in [4.69, 9.17) is 0 Å². The summed E-state index contributed by atoms with van der Waals surface area (Å²) < 4.78 is 0. The molecule has 0 amide bonds. The molecule has 1 aromatic carbocycles. The van der Waals surface area contributed by atoms with Crippen molar-refractivity contribution in [3.63, 3.8) is 0 Å². The molecule has 0 saturated carbocycles. The fourth-order valence-corrected chi connectivity index (χ4v) is 2.52. The van der Waals surface area contributed by atoms with Gasteiger partial charge >= 0.3 is 0 Å². The van der Waals surface area contributed by atoms with Gasteiger partial charge in [-0.2, -0.15) is 0 Å². The van der Waals surface area contributed by atoms with Gasteiger partial charge in [-0.05, 0) is 24.5 Å². The number of aromatic amines is 1. The summed E-state index contributed by atoms with van der Waals surface area (Å²) in [5, 5.41) is 14.3. The Morgan fingerprint density at radius 2 is 1.95 bits per heavy atom. The van der Waals surface area contributed by atoms with Crippen LogP contribution < -0.4 is 5.32 Å². The van der Waals surface area contributed by atoms with Gasteiger partial charge in [0.05, 0.1) is 0 Å². The second-order valence-corrected chi connectivity index (χ2v) is 5.33. The van der Waals surface area contributed by atoms with E-state index in [9.17, 15) is 5.11 Å². The van der Waals surface area contributed by atoms with Crippen LogP contribution in [0, 0.1) is 5.41 Å². The molecular formula is C16H24N2O. The fraction of sp³-hybridized carbons (Fsp3) is 0.500. The first kappa shape index (κ1) is 14.1. The molecule has 104 valence electrons. The molecule has 1 heterocycles. The van der Waals surface area contributed by atoms with E-state index in [1.165, 1.54) is 16.5 Å². The smallest absolute Gasteiger partial charge is 0.0499 e. The van der Waals surface area contributed by atoms with Gasteiger partial charge in [-0.25, -0.2) is 0 Å². The number of benzene rings is 1. The maximum absolute atomic E-state index is 9.56. The van der Waals surface area contributed by atoms with E-state index in [0.29, 0.717) is 0 Å². The van der Waals surface area contributed by atoms with E-state index in [2.05, 4.69) is 48.5 Å². The molecule has 0 unspecified atom stereocenters. The number of hydrogen-bond donors (Lipinski definition) is 3. The van der Waals surface area contributed by atoms with Crippen LogP contribution in [0.1, 0.15) is 32.3 Å². The molecule has 1 aromatic heterocycles. The summed E-state index contributed by atoms with van der Waals surface area (Å²) in [6.07, 6.45) is 4.07. The fourth-order valence-electron chi connectivity index (χ4n) is 2.52. The van der Waals surface area contributed by atoms with Gasteiger partial charge < -0.3 is 15.4 Å². The van der Waals surface area contributed by atoms with Crippen molar-refractivity contribution in [3.8, 4) is 0 Å². The maximum Gasteiger partial charge on any atom is 0.0499 e. The molecule has 0 spiro atoms. The second kappa shape index (κ2) is 6.22. The predicted octanol–water partition coefficient (Wildman–Crippen LogP) is 3.06. The van der Waals surface area contributed by atoms with Crippen LogP contribution in [0.25, 0.3) is 10.9 Å². The molecule has 3 nitrogen and oxygen atoms in total. The van der Waals surface area contributed by atoms with Crippen molar-refractivity contribution in [1.29, 1.82) is 0 Å². The number of H-pyrrole nitrogens is 1. The van der Waals surface area contributed by atoms with Crippen LogP contribution >= 0.6 is 0 Å². The molecule has 2 rings (SSSR count). The highest BCUT2D eigenvalue weighted by atomic mass is 16.3. The number of rotatable bonds is 7. The van der Waals surface area contributed by atoms with Gasteiger partial charge in [-0.3, -0.25) is 0 Å². The molecule has 3 N–H and O–H groups in total. The van der Waals surface area contributed by atoms with Crippen LogP contribution in [0.2, 0.25) is 0 Å². The summed E-state index contributed by atoms with van der Waals surface area (Å²) in [7, 11) is 0. The van der Waals surface area contributed by atoms with E-state index in [1.807, 2.05) is 6.07 Å². The molecule has 0 radical (unpaired) electrons. The van der Waals surface area contributed by atoms with Gasteiger partial charge in [0.25, 0.3) is 0 Å². The van der Waals surface area contributed by atoms with E-state index in [-0.39, 0.29) is 12.0 Å². The lowest BCUT2D eigenvalue weighted by molar-refractivity contribution is 0.113. The number of aliphatic hydroxyl groups excluding tert-OH is 1. The van der Waals surface area contributed by atoms with Crippen LogP contribution in [0.4, 0.5) is 0 Å². The average molecular weight is 260 g/mol. The number of fused-ring (bicyclic) bond motifs is 1. The zero-order valence-corrected chi connectivity index (χ0v) is 11.9. The molecule has 3 heteroatoms. The highest BCUT2D eigenvalue weighted by molar-refractivity contribution is 5.82. The molecule has 0 fully saturated rings. The molecular weight excluding hydrogens is 236 g/mol. The van der Waals surface area contributed by atoms with Crippen molar-refractivity contribution < 1.29 is 5.11 Å². The number of para-hydroxylation sites is 1. The van der Waals surface area contributed by atoms with Crippen molar-refractivity contribution in [3.05, 3.63) is 36.0 Å². The van der Waals surface area contributed by atoms with Crippen molar-refractivity contribution >= 4 is 10.9 Å². The average Bonchev–Trinajstić information content (AvgIpc) is 2.88. The SMILES string of the molecule is CCC(CC)(CO)CNCc1c[nH]c2ccccc12. The van der Waals surface area contributed by atoms with Crippen LogP contribution in [-0.4, -0.2) is 23.2 Å². The molecule has 0 aliphatic rings. The van der Waals surface area contributed by atoms with Crippen molar-refractivity contribution in [2.24, 2.45) is 5.41 Å². The van der Waals surface area contributed by atoms with E-state index < -0.39 is 0 Å². The minimum atomic E-state index is 0.0200. The predicted molar refractivity (Wildman–Crippen MR) is 80.1 cm³/mol. The van der Waals surface area contributed by atoms with E-state index in [0.717, 1.165) is 25.9 Å². The van der Waals surface area contributed by atoms with E-state index >= 15 is 0 Å². The van der Waals surface area contributed by atoms with Gasteiger partial charge in [-0.15, -0.1) is 0 Å². The Hall–Kier alpha value is -1.32. The molecule has 0 bridgehead atoms. The van der Waals surface area contributed by atoms with Crippen molar-refractivity contribution in [1.82, 2.24) is 10.3 Å². The Labute approximate surface area is 115 Å². The molecule has 0 aliphatic carbocycles. The van der Waals surface area contributed by atoms with Gasteiger partial charge in [-0.1, -0.05) is 32.0 Å². The quantitative estimate of drug-likeness (QED) is 0.716. The van der Waals surface area contributed by atoms with Crippen LogP contribution in [-0.2, 0) is 6.54 Å². The van der Waals surface area contributed by atoms with Gasteiger partial charge in [0.1, 0.15) is 0 Å². The standard InChI is InChI=1S/C16H24N2O/c1-3-16(4-2,12-19)11-17-9-13-10-18-15-8-6-5-7-14(13)15/h5-8,10,17-19H,3-4,9,11-12H2,1-2H3. The lowest BCUT2D eigenvalue weighted by atomic mass is 9.83. The first-order chi connectivity index (χ1) is 9.24. The molecule has 0 saturated heterocycles. The third-order valence-electron chi connectivity index (χ3n) is 4.33. The number of nitrogens with one attached hydrogen (secondary N) is 2. The number of hydrogen-bond acceptors (Lipinski definition) is 2. The maximum atomic E-state index is 9.56. The molecule has 0 atom stereocenters. The van der Waals surface area contributed by atoms with Gasteiger partial charge in [0.2, 0.25) is 0 Å². The van der Waals surface area contributed by atoms with E-state index in [1.54, 1.807) is 0 Å². The highest BCUT2D eigenvalue weighted by Crippen LogP contribution is 2.25. The zero-order valence-electron chi connectivity index (χ0n) is 11.9. The van der Waals surface area contributed by atoms with Crippen molar-refractivity contribution in [2.45, 2.75) is 33.2 Å². The normalized spacial score (nSPS) is 12.2. The van der Waals surface area contributed by atoms with Crippen molar-refractivity contribution in [2.75, 3.05) is 13.2 Å². The molecule has 2 aromatic rings. The largest absolute Gasteiger partial charge is 0.396 e. The molecule has 19 heavy (non-hydrogen) atoms. The summed E-state index contributed by atoms with van der Waals surface area (Å²) in [5.41, 5.74) is 2.49. The molecule has 0 aliphatic heterocycles.